The van der Waals surface area contributed by atoms with Crippen LogP contribution in [0.15, 0.2) is 30.3 Å². The summed E-state index contributed by atoms with van der Waals surface area (Å²) in [7, 11) is -2.30. The Bertz CT molecular complexity index is 1100. The fraction of sp³-hybridized carbons (Fsp3) is 0.391. The standard InChI is InChI=1S/C23H30N3O5P/c1-14(2)31-23(28)17(5)25-32(29,13-30-6)26-21-10-8-7-9-18(21)19(22(26)27)12-20-15(3)11-16(4)24-20/h7-12,14,17,24H,13H2,1-6H3,(H,25,29)/b19-12-/t17-,32?/m0/s1. The maximum Gasteiger partial charge on any atom is 0.323 e. The Morgan fingerprint density at radius 2 is 1.94 bits per heavy atom. The quantitative estimate of drug-likeness (QED) is 0.348. The Balaban J connectivity index is 2.04. The molecule has 1 aromatic heterocycles. The number of carbonyl (C=O) groups is 2. The van der Waals surface area contributed by atoms with E-state index in [1.807, 2.05) is 32.0 Å². The van der Waals surface area contributed by atoms with Gasteiger partial charge in [-0.2, -0.15) is 0 Å². The lowest BCUT2D eigenvalue weighted by molar-refractivity contribution is -0.149. The first-order chi connectivity index (χ1) is 15.1. The number of methoxy groups -OCH3 is 1. The van der Waals surface area contributed by atoms with Gasteiger partial charge in [0.25, 0.3) is 13.4 Å². The van der Waals surface area contributed by atoms with Gasteiger partial charge >= 0.3 is 5.97 Å². The molecule has 1 aliphatic rings. The van der Waals surface area contributed by atoms with Crippen LogP contribution in [0.1, 0.15) is 43.3 Å². The van der Waals surface area contributed by atoms with E-state index in [-0.39, 0.29) is 12.5 Å². The van der Waals surface area contributed by atoms with E-state index >= 15 is 0 Å². The minimum absolute atomic E-state index is 0.264. The number of H-pyrrole nitrogens is 1. The number of anilines is 1. The van der Waals surface area contributed by atoms with Crippen LogP contribution in [0.25, 0.3) is 11.6 Å². The van der Waals surface area contributed by atoms with Gasteiger partial charge in [-0.05, 0) is 58.4 Å². The van der Waals surface area contributed by atoms with Gasteiger partial charge in [-0.15, -0.1) is 0 Å². The van der Waals surface area contributed by atoms with Crippen molar-refractivity contribution in [2.45, 2.75) is 46.8 Å². The number of hydrogen-bond donors (Lipinski definition) is 2. The molecule has 2 atom stereocenters. The van der Waals surface area contributed by atoms with Gasteiger partial charge in [0.2, 0.25) is 0 Å². The average Bonchev–Trinajstić information content (AvgIpc) is 3.17. The van der Waals surface area contributed by atoms with Gasteiger partial charge in [0, 0.05) is 24.1 Å². The van der Waals surface area contributed by atoms with Gasteiger partial charge in [-0.3, -0.25) is 14.2 Å². The predicted molar refractivity (Wildman–Crippen MR) is 125 cm³/mol. The van der Waals surface area contributed by atoms with Crippen molar-refractivity contribution in [2.24, 2.45) is 0 Å². The number of amides is 1. The van der Waals surface area contributed by atoms with E-state index in [2.05, 4.69) is 10.1 Å². The number of nitrogens with one attached hydrogen (secondary N) is 2. The van der Waals surface area contributed by atoms with Crippen LogP contribution < -0.4 is 9.76 Å². The molecule has 2 N–H and O–H groups in total. The van der Waals surface area contributed by atoms with E-state index in [9.17, 15) is 14.2 Å². The molecule has 0 saturated heterocycles. The Labute approximate surface area is 188 Å². The first kappa shape index (κ1) is 24.0. The molecule has 0 saturated carbocycles. The lowest BCUT2D eigenvalue weighted by Gasteiger charge is -2.30. The van der Waals surface area contributed by atoms with Gasteiger partial charge < -0.3 is 14.5 Å². The van der Waals surface area contributed by atoms with Crippen LogP contribution in [0, 0.1) is 13.8 Å². The second-order valence-electron chi connectivity index (χ2n) is 8.20. The highest BCUT2D eigenvalue weighted by molar-refractivity contribution is 7.64. The van der Waals surface area contributed by atoms with Gasteiger partial charge in [0.15, 0.2) is 0 Å². The Kier molecular flexibility index (Phi) is 7.08. The number of fused-ring (bicyclic) bond motifs is 1. The summed E-state index contributed by atoms with van der Waals surface area (Å²) >= 11 is 0. The number of carbonyl (C=O) groups excluding carboxylic acids is 2. The fourth-order valence-corrected chi connectivity index (χ4v) is 6.04. The summed E-state index contributed by atoms with van der Waals surface area (Å²) in [5.74, 6) is -0.973. The van der Waals surface area contributed by atoms with Crippen LogP contribution in [0.4, 0.5) is 5.69 Å². The molecule has 9 heteroatoms. The third kappa shape index (κ3) is 4.72. The van der Waals surface area contributed by atoms with Crippen LogP contribution in [0.3, 0.4) is 0 Å². The topological polar surface area (TPSA) is 101 Å². The number of para-hydroxylation sites is 1. The molecular formula is C23H30N3O5P. The Morgan fingerprint density at radius 3 is 2.53 bits per heavy atom. The normalized spacial score (nSPS) is 17.5. The highest BCUT2D eigenvalue weighted by Gasteiger charge is 2.45. The lowest BCUT2D eigenvalue weighted by Crippen LogP contribution is -2.41. The number of benzene rings is 1. The molecule has 1 aromatic carbocycles. The van der Waals surface area contributed by atoms with E-state index in [4.69, 9.17) is 9.47 Å². The van der Waals surface area contributed by atoms with Gasteiger partial charge in [0.1, 0.15) is 12.4 Å². The zero-order chi connectivity index (χ0) is 23.6. The zero-order valence-corrected chi connectivity index (χ0v) is 20.2. The maximum absolute atomic E-state index is 14.1. The van der Waals surface area contributed by atoms with E-state index in [1.54, 1.807) is 39.0 Å². The zero-order valence-electron chi connectivity index (χ0n) is 19.3. The number of rotatable bonds is 8. The minimum Gasteiger partial charge on any atom is -0.462 e. The molecule has 3 rings (SSSR count). The largest absolute Gasteiger partial charge is 0.462 e. The average molecular weight is 459 g/mol. The van der Waals surface area contributed by atoms with E-state index < -0.39 is 25.4 Å². The minimum atomic E-state index is -3.70. The predicted octanol–water partition coefficient (Wildman–Crippen LogP) is 4.25. The van der Waals surface area contributed by atoms with Crippen LogP contribution in [0.2, 0.25) is 0 Å². The molecule has 1 aliphatic heterocycles. The third-order valence-electron chi connectivity index (χ3n) is 5.05. The molecule has 172 valence electrons. The molecule has 1 amide bonds. The van der Waals surface area contributed by atoms with Crippen molar-refractivity contribution < 1.29 is 23.6 Å². The Hall–Kier alpha value is -2.67. The highest BCUT2D eigenvalue weighted by atomic mass is 31.2. The van der Waals surface area contributed by atoms with Crippen molar-refractivity contribution in [3.05, 3.63) is 52.8 Å². The van der Waals surface area contributed by atoms with E-state index in [0.717, 1.165) is 17.0 Å². The summed E-state index contributed by atoms with van der Waals surface area (Å²) in [5, 5.41) is 2.84. The molecule has 8 nitrogen and oxygen atoms in total. The summed E-state index contributed by atoms with van der Waals surface area (Å²) in [4.78, 5) is 29.2. The molecular weight excluding hydrogens is 429 g/mol. The van der Waals surface area contributed by atoms with Crippen molar-refractivity contribution >= 4 is 36.7 Å². The number of hydrogen-bond acceptors (Lipinski definition) is 5. The number of aromatic amines is 1. The number of aryl methyl sites for hydroxylation is 2. The monoisotopic (exact) mass is 459 g/mol. The molecule has 0 bridgehead atoms. The summed E-state index contributed by atoms with van der Waals surface area (Å²) in [5.41, 5.74) is 4.38. The number of aromatic nitrogens is 1. The maximum atomic E-state index is 14.1. The fourth-order valence-electron chi connectivity index (χ4n) is 3.75. The van der Waals surface area contributed by atoms with Crippen molar-refractivity contribution in [2.75, 3.05) is 18.1 Å². The van der Waals surface area contributed by atoms with Crippen molar-refractivity contribution in [3.8, 4) is 0 Å². The SMILES string of the molecule is COCP(=O)(N[C@@H](C)C(=O)OC(C)C)N1C(=O)/C(=C\c2[nH]c(C)cc2C)c2ccccc21. The van der Waals surface area contributed by atoms with E-state index in [0.29, 0.717) is 16.8 Å². The molecule has 1 unspecified atom stereocenters. The number of esters is 1. The van der Waals surface area contributed by atoms with Gasteiger partial charge in [0.05, 0.1) is 17.4 Å². The van der Waals surface area contributed by atoms with E-state index in [1.165, 1.54) is 11.8 Å². The van der Waals surface area contributed by atoms with Crippen LogP contribution in [-0.2, 0) is 23.6 Å². The smallest absolute Gasteiger partial charge is 0.323 e. The first-order valence-corrected chi connectivity index (χ1v) is 12.3. The van der Waals surface area contributed by atoms with Crippen LogP contribution >= 0.6 is 7.44 Å². The van der Waals surface area contributed by atoms with Gasteiger partial charge in [-0.1, -0.05) is 18.2 Å². The molecule has 32 heavy (non-hydrogen) atoms. The van der Waals surface area contributed by atoms with Gasteiger partial charge in [-0.25, -0.2) is 9.76 Å². The number of ether oxygens (including phenoxy) is 2. The summed E-state index contributed by atoms with van der Waals surface area (Å²) < 4.78 is 25.8. The molecule has 2 aromatic rings. The summed E-state index contributed by atoms with van der Waals surface area (Å²) in [6, 6.07) is 8.25. The highest BCUT2D eigenvalue weighted by Crippen LogP contribution is 2.55. The third-order valence-corrected chi connectivity index (χ3v) is 7.49. The first-order valence-electron chi connectivity index (χ1n) is 10.5. The van der Waals surface area contributed by atoms with Crippen LogP contribution in [0.5, 0.6) is 0 Å². The van der Waals surface area contributed by atoms with Crippen molar-refractivity contribution in [1.29, 1.82) is 0 Å². The molecule has 2 heterocycles. The van der Waals surface area contributed by atoms with Crippen molar-refractivity contribution in [1.82, 2.24) is 10.1 Å². The second-order valence-corrected chi connectivity index (χ2v) is 10.5. The van der Waals surface area contributed by atoms with Crippen molar-refractivity contribution in [3.63, 3.8) is 0 Å². The summed E-state index contributed by atoms with van der Waals surface area (Å²) in [6.07, 6.45) is 1.20. The molecule has 0 radical (unpaired) electrons. The molecule has 0 fully saturated rings. The molecule has 0 aliphatic carbocycles. The van der Waals surface area contributed by atoms with Crippen LogP contribution in [-0.4, -0.2) is 42.5 Å². The Morgan fingerprint density at radius 1 is 1.25 bits per heavy atom. The summed E-state index contributed by atoms with van der Waals surface area (Å²) in [6.45, 7) is 8.93. The second kappa shape index (κ2) is 9.45. The lowest BCUT2D eigenvalue weighted by atomic mass is 10.1. The number of nitrogens with zero attached hydrogens (tertiary/aromatic N) is 1. The molecule has 0 spiro atoms.